The molecule has 0 spiro atoms. The van der Waals surface area contributed by atoms with E-state index >= 15 is 0 Å². The van der Waals surface area contributed by atoms with Gasteiger partial charge in [-0.05, 0) is 13.0 Å². The zero-order valence-corrected chi connectivity index (χ0v) is 9.91. The highest BCUT2D eigenvalue weighted by molar-refractivity contribution is 5.46. The van der Waals surface area contributed by atoms with E-state index in [2.05, 4.69) is 11.2 Å². The molecule has 1 N–H and O–H groups in total. The molecule has 1 rings (SSSR count). The lowest BCUT2D eigenvalue weighted by Gasteiger charge is -2.14. The molecule has 0 aliphatic carbocycles. The van der Waals surface area contributed by atoms with Crippen molar-refractivity contribution < 1.29 is 9.47 Å². The summed E-state index contributed by atoms with van der Waals surface area (Å²) in [6.07, 6.45) is 5.29. The average molecular weight is 219 g/mol. The Morgan fingerprint density at radius 1 is 1.38 bits per heavy atom. The molecule has 0 radical (unpaired) electrons. The van der Waals surface area contributed by atoms with Gasteiger partial charge in [0.15, 0.2) is 11.5 Å². The van der Waals surface area contributed by atoms with Gasteiger partial charge in [-0.2, -0.15) is 0 Å². The van der Waals surface area contributed by atoms with Gasteiger partial charge < -0.3 is 9.47 Å². The molecule has 0 fully saturated rings. The van der Waals surface area contributed by atoms with E-state index < -0.39 is 0 Å². The van der Waals surface area contributed by atoms with Gasteiger partial charge in [-0.25, -0.2) is 0 Å². The predicted molar refractivity (Wildman–Crippen MR) is 64.7 cm³/mol. The molecular formula is C13H17NO2. The van der Waals surface area contributed by atoms with Crippen LogP contribution in [0.3, 0.4) is 0 Å². The fourth-order valence-corrected chi connectivity index (χ4v) is 1.41. The van der Waals surface area contributed by atoms with Crippen LogP contribution in [0.1, 0.15) is 12.5 Å². The van der Waals surface area contributed by atoms with E-state index in [1.165, 1.54) is 0 Å². The summed E-state index contributed by atoms with van der Waals surface area (Å²) in [6.45, 7) is 2.60. The summed E-state index contributed by atoms with van der Waals surface area (Å²) >= 11 is 0. The van der Waals surface area contributed by atoms with E-state index in [-0.39, 0.29) is 6.04 Å². The van der Waals surface area contributed by atoms with Crippen molar-refractivity contribution in [3.05, 3.63) is 23.8 Å². The molecule has 0 aromatic heterocycles. The van der Waals surface area contributed by atoms with Crippen LogP contribution in [0.2, 0.25) is 0 Å². The van der Waals surface area contributed by atoms with Gasteiger partial charge >= 0.3 is 0 Å². The number of rotatable bonds is 5. The van der Waals surface area contributed by atoms with Crippen molar-refractivity contribution in [2.24, 2.45) is 0 Å². The van der Waals surface area contributed by atoms with E-state index in [0.717, 1.165) is 17.1 Å². The number of hydrogen-bond acceptors (Lipinski definition) is 3. The number of ether oxygens (including phenoxy) is 2. The number of benzene rings is 1. The van der Waals surface area contributed by atoms with Crippen LogP contribution in [0, 0.1) is 12.3 Å². The highest BCUT2D eigenvalue weighted by Gasteiger charge is 2.09. The molecule has 16 heavy (non-hydrogen) atoms. The highest BCUT2D eigenvalue weighted by Crippen LogP contribution is 2.30. The minimum Gasteiger partial charge on any atom is -0.493 e. The zero-order chi connectivity index (χ0) is 12.0. The van der Waals surface area contributed by atoms with Crippen molar-refractivity contribution in [2.75, 3.05) is 14.2 Å². The lowest BCUT2D eigenvalue weighted by Crippen LogP contribution is -2.23. The first-order valence-corrected chi connectivity index (χ1v) is 5.12. The third kappa shape index (κ3) is 2.91. The Morgan fingerprint density at radius 2 is 2.12 bits per heavy atom. The summed E-state index contributed by atoms with van der Waals surface area (Å²) in [5, 5.41) is 3.20. The second-order valence-electron chi connectivity index (χ2n) is 3.42. The van der Waals surface area contributed by atoms with Crippen molar-refractivity contribution >= 4 is 0 Å². The average Bonchev–Trinajstić information content (AvgIpc) is 2.34. The molecule has 3 heteroatoms. The molecule has 1 aromatic carbocycles. The largest absolute Gasteiger partial charge is 0.493 e. The maximum Gasteiger partial charge on any atom is 0.165 e. The van der Waals surface area contributed by atoms with Gasteiger partial charge in [0.25, 0.3) is 0 Å². The van der Waals surface area contributed by atoms with Gasteiger partial charge in [-0.3, -0.25) is 5.32 Å². The van der Waals surface area contributed by atoms with Gasteiger partial charge in [0.05, 0.1) is 20.3 Å². The maximum atomic E-state index is 5.32. The van der Waals surface area contributed by atoms with Gasteiger partial charge in [0, 0.05) is 12.1 Å². The molecule has 1 aromatic rings. The first-order chi connectivity index (χ1) is 7.72. The van der Waals surface area contributed by atoms with E-state index in [1.54, 1.807) is 14.2 Å². The summed E-state index contributed by atoms with van der Waals surface area (Å²) in [5.74, 6) is 4.10. The number of nitrogens with one attached hydrogen (secondary N) is 1. The number of terminal acetylenes is 1. The zero-order valence-electron chi connectivity index (χ0n) is 9.91. The maximum absolute atomic E-state index is 5.32. The molecule has 0 saturated heterocycles. The molecular weight excluding hydrogens is 202 g/mol. The van der Waals surface area contributed by atoms with E-state index in [4.69, 9.17) is 15.9 Å². The fraction of sp³-hybridized carbons (Fsp3) is 0.385. The smallest absolute Gasteiger partial charge is 0.165 e. The molecule has 86 valence electrons. The first kappa shape index (κ1) is 12.4. The summed E-state index contributed by atoms with van der Waals surface area (Å²) < 4.78 is 10.5. The van der Waals surface area contributed by atoms with Crippen molar-refractivity contribution in [3.63, 3.8) is 0 Å². The van der Waals surface area contributed by atoms with Crippen molar-refractivity contribution in [2.45, 2.75) is 19.5 Å². The lowest BCUT2D eigenvalue weighted by atomic mass is 10.1. The number of hydrogen-bond donors (Lipinski definition) is 1. The van der Waals surface area contributed by atoms with Crippen molar-refractivity contribution in [1.82, 2.24) is 5.32 Å². The Kier molecular flexibility index (Phi) is 4.68. The molecule has 1 atom stereocenters. The Hall–Kier alpha value is -1.66. The lowest BCUT2D eigenvalue weighted by molar-refractivity contribution is 0.350. The molecule has 0 heterocycles. The number of para-hydroxylation sites is 1. The summed E-state index contributed by atoms with van der Waals surface area (Å²) in [4.78, 5) is 0. The first-order valence-electron chi connectivity index (χ1n) is 5.12. The minimum atomic E-state index is 0.0379. The van der Waals surface area contributed by atoms with E-state index in [1.807, 2.05) is 25.1 Å². The van der Waals surface area contributed by atoms with Crippen LogP contribution in [0.5, 0.6) is 11.5 Å². The molecule has 0 bridgehead atoms. The van der Waals surface area contributed by atoms with Gasteiger partial charge in [0.2, 0.25) is 0 Å². The summed E-state index contributed by atoms with van der Waals surface area (Å²) in [7, 11) is 3.26. The molecule has 0 aliphatic rings. The van der Waals surface area contributed by atoms with Crippen molar-refractivity contribution in [1.29, 1.82) is 0 Å². The fourth-order valence-electron chi connectivity index (χ4n) is 1.41. The Morgan fingerprint density at radius 3 is 2.69 bits per heavy atom. The van der Waals surface area contributed by atoms with Crippen LogP contribution in [-0.2, 0) is 6.54 Å². The number of methoxy groups -OCH3 is 2. The van der Waals surface area contributed by atoms with Crippen LogP contribution in [0.25, 0.3) is 0 Å². The molecule has 0 amide bonds. The highest BCUT2D eigenvalue weighted by atomic mass is 16.5. The Balaban J connectivity index is 2.83. The Labute approximate surface area is 96.8 Å². The van der Waals surface area contributed by atoms with Crippen LogP contribution >= 0.6 is 0 Å². The minimum absolute atomic E-state index is 0.0379. The molecule has 3 nitrogen and oxygen atoms in total. The van der Waals surface area contributed by atoms with Crippen LogP contribution < -0.4 is 14.8 Å². The van der Waals surface area contributed by atoms with E-state index in [0.29, 0.717) is 6.54 Å². The standard InChI is InChI=1S/C13H17NO2/c1-5-10(2)14-9-11-7-6-8-12(15-3)13(11)16-4/h1,6-8,10,14H,9H2,2-4H3. The van der Waals surface area contributed by atoms with Crippen LogP contribution in [0.15, 0.2) is 18.2 Å². The van der Waals surface area contributed by atoms with Crippen molar-refractivity contribution in [3.8, 4) is 23.8 Å². The SMILES string of the molecule is C#CC(C)NCc1cccc(OC)c1OC. The normalized spacial score (nSPS) is 11.6. The van der Waals surface area contributed by atoms with Gasteiger partial charge in [0.1, 0.15) is 0 Å². The predicted octanol–water partition coefficient (Wildman–Crippen LogP) is 1.82. The monoisotopic (exact) mass is 219 g/mol. The molecule has 1 unspecified atom stereocenters. The third-order valence-electron chi connectivity index (χ3n) is 2.33. The summed E-state index contributed by atoms with van der Waals surface area (Å²) in [5.41, 5.74) is 1.03. The van der Waals surface area contributed by atoms with Gasteiger partial charge in [-0.15, -0.1) is 6.42 Å². The Bertz CT molecular complexity index is 382. The second kappa shape index (κ2) is 6.04. The molecule has 0 saturated carbocycles. The summed E-state index contributed by atoms with van der Waals surface area (Å²) in [6, 6.07) is 5.82. The second-order valence-corrected chi connectivity index (χ2v) is 3.42. The van der Waals surface area contributed by atoms with Gasteiger partial charge in [-0.1, -0.05) is 18.1 Å². The molecule has 0 aliphatic heterocycles. The van der Waals surface area contributed by atoms with Crippen LogP contribution in [0.4, 0.5) is 0 Å². The third-order valence-corrected chi connectivity index (χ3v) is 2.33. The van der Waals surface area contributed by atoms with Crippen LogP contribution in [-0.4, -0.2) is 20.3 Å². The quantitative estimate of drug-likeness (QED) is 0.766. The topological polar surface area (TPSA) is 30.5 Å². The van der Waals surface area contributed by atoms with E-state index in [9.17, 15) is 0 Å².